The molecule has 3 aromatic rings. The number of para-hydroxylation sites is 1. The molecule has 1 aliphatic rings. The van der Waals surface area contributed by atoms with Crippen LogP contribution in [0.25, 0.3) is 10.9 Å². The number of hydrogen-bond donors (Lipinski definition) is 1. The van der Waals surface area contributed by atoms with Crippen LogP contribution in [0.15, 0.2) is 53.3 Å². The van der Waals surface area contributed by atoms with E-state index >= 15 is 0 Å². The zero-order valence-corrected chi connectivity index (χ0v) is 16.7. The Bertz CT molecular complexity index is 1050. The highest BCUT2D eigenvalue weighted by molar-refractivity contribution is 9.10. The normalized spacial score (nSPS) is 14.6. The van der Waals surface area contributed by atoms with Crippen molar-refractivity contribution in [3.63, 3.8) is 0 Å². The lowest BCUT2D eigenvalue weighted by Gasteiger charge is -2.34. The van der Waals surface area contributed by atoms with Gasteiger partial charge in [0.2, 0.25) is 5.91 Å². The fourth-order valence-electron chi connectivity index (χ4n) is 3.59. The van der Waals surface area contributed by atoms with Crippen LogP contribution in [0, 0.1) is 17.2 Å². The third-order valence-corrected chi connectivity index (χ3v) is 5.50. The SMILES string of the molecule is N#Cc1cnc2ccccc2c1N1CCC(C(=O)Nc2ccc(Br)cn2)CC1. The van der Waals surface area contributed by atoms with Gasteiger partial charge in [0, 0.05) is 41.3 Å². The maximum atomic E-state index is 12.6. The molecule has 0 radical (unpaired) electrons. The number of rotatable bonds is 3. The molecule has 0 bridgehead atoms. The van der Waals surface area contributed by atoms with Crippen LogP contribution in [0.4, 0.5) is 11.5 Å². The molecule has 3 heterocycles. The molecule has 0 atom stereocenters. The Balaban J connectivity index is 1.49. The third-order valence-electron chi connectivity index (χ3n) is 5.03. The Labute approximate surface area is 171 Å². The van der Waals surface area contributed by atoms with E-state index in [1.165, 1.54) is 0 Å². The van der Waals surface area contributed by atoms with Gasteiger partial charge < -0.3 is 10.2 Å². The van der Waals surface area contributed by atoms with Crippen LogP contribution < -0.4 is 10.2 Å². The lowest BCUT2D eigenvalue weighted by Crippen LogP contribution is -2.38. The minimum absolute atomic E-state index is 0.00503. The Morgan fingerprint density at radius 1 is 1.14 bits per heavy atom. The van der Waals surface area contributed by atoms with Crippen molar-refractivity contribution in [1.82, 2.24) is 9.97 Å². The predicted molar refractivity (Wildman–Crippen MR) is 112 cm³/mol. The maximum Gasteiger partial charge on any atom is 0.228 e. The minimum atomic E-state index is -0.0691. The second kappa shape index (κ2) is 7.95. The first-order valence-electron chi connectivity index (χ1n) is 9.11. The molecule has 1 aliphatic heterocycles. The Morgan fingerprint density at radius 2 is 1.93 bits per heavy atom. The summed E-state index contributed by atoms with van der Waals surface area (Å²) in [5, 5.41) is 13.4. The fourth-order valence-corrected chi connectivity index (χ4v) is 3.83. The van der Waals surface area contributed by atoms with Crippen molar-refractivity contribution in [1.29, 1.82) is 5.26 Å². The van der Waals surface area contributed by atoms with Crippen LogP contribution in [0.2, 0.25) is 0 Å². The van der Waals surface area contributed by atoms with Crippen molar-refractivity contribution in [2.45, 2.75) is 12.8 Å². The number of amides is 1. The molecule has 0 unspecified atom stereocenters. The molecule has 28 heavy (non-hydrogen) atoms. The number of anilines is 2. The van der Waals surface area contributed by atoms with E-state index < -0.39 is 0 Å². The largest absolute Gasteiger partial charge is 0.370 e. The molecule has 1 N–H and O–H groups in total. The highest BCUT2D eigenvalue weighted by atomic mass is 79.9. The van der Waals surface area contributed by atoms with E-state index in [1.54, 1.807) is 18.5 Å². The van der Waals surface area contributed by atoms with Gasteiger partial charge in [0.05, 0.1) is 16.8 Å². The standard InChI is InChI=1S/C21H18BrN5O/c22-16-5-6-19(25-13-16)26-21(28)14-7-9-27(10-8-14)20-15(11-23)12-24-18-4-2-1-3-17(18)20/h1-6,12-14H,7-10H2,(H,25,26,28). The topological polar surface area (TPSA) is 81.9 Å². The summed E-state index contributed by atoms with van der Waals surface area (Å²) in [6.07, 6.45) is 4.75. The van der Waals surface area contributed by atoms with Crippen molar-refractivity contribution in [3.05, 3.63) is 58.8 Å². The molecule has 1 saturated heterocycles. The van der Waals surface area contributed by atoms with E-state index in [0.717, 1.165) is 33.9 Å². The van der Waals surface area contributed by atoms with Gasteiger partial charge in [0.15, 0.2) is 0 Å². The fraction of sp³-hybridized carbons (Fsp3) is 0.238. The van der Waals surface area contributed by atoms with Crippen molar-refractivity contribution in [3.8, 4) is 6.07 Å². The van der Waals surface area contributed by atoms with E-state index in [0.29, 0.717) is 24.5 Å². The number of hydrogen-bond acceptors (Lipinski definition) is 5. The van der Waals surface area contributed by atoms with E-state index in [9.17, 15) is 10.1 Å². The van der Waals surface area contributed by atoms with Gasteiger partial charge in [-0.05, 0) is 47.0 Å². The molecule has 0 aliphatic carbocycles. The zero-order valence-electron chi connectivity index (χ0n) is 15.1. The first-order chi connectivity index (χ1) is 13.7. The van der Waals surface area contributed by atoms with Crippen molar-refractivity contribution in [2.75, 3.05) is 23.3 Å². The highest BCUT2D eigenvalue weighted by Gasteiger charge is 2.27. The Hall–Kier alpha value is -2.98. The number of benzene rings is 1. The van der Waals surface area contributed by atoms with Gasteiger partial charge in [-0.25, -0.2) is 4.98 Å². The van der Waals surface area contributed by atoms with Crippen LogP contribution in [0.3, 0.4) is 0 Å². The summed E-state index contributed by atoms with van der Waals surface area (Å²) in [5.74, 6) is 0.484. The third kappa shape index (κ3) is 3.69. The molecule has 1 aromatic carbocycles. The first kappa shape index (κ1) is 18.4. The number of halogens is 1. The lowest BCUT2D eigenvalue weighted by atomic mass is 9.94. The second-order valence-corrected chi connectivity index (χ2v) is 7.68. The summed E-state index contributed by atoms with van der Waals surface area (Å²) in [4.78, 5) is 23.4. The van der Waals surface area contributed by atoms with Gasteiger partial charge in [-0.3, -0.25) is 9.78 Å². The molecule has 1 fully saturated rings. The number of nitrogens with zero attached hydrogens (tertiary/aromatic N) is 4. The predicted octanol–water partition coefficient (Wildman–Crippen LogP) is 4.12. The molecule has 2 aromatic heterocycles. The maximum absolute atomic E-state index is 12.6. The van der Waals surface area contributed by atoms with Crippen molar-refractivity contribution in [2.24, 2.45) is 5.92 Å². The number of carbonyl (C=O) groups is 1. The first-order valence-corrected chi connectivity index (χ1v) is 9.90. The molecule has 140 valence electrons. The lowest BCUT2D eigenvalue weighted by molar-refractivity contribution is -0.120. The van der Waals surface area contributed by atoms with Crippen LogP contribution in [0.5, 0.6) is 0 Å². The molecular formula is C21H18BrN5O. The molecule has 0 saturated carbocycles. The smallest absolute Gasteiger partial charge is 0.228 e. The molecule has 0 spiro atoms. The monoisotopic (exact) mass is 435 g/mol. The van der Waals surface area contributed by atoms with Crippen molar-refractivity contribution >= 4 is 44.2 Å². The van der Waals surface area contributed by atoms with Gasteiger partial charge >= 0.3 is 0 Å². The van der Waals surface area contributed by atoms with Gasteiger partial charge in [-0.15, -0.1) is 0 Å². The summed E-state index contributed by atoms with van der Waals surface area (Å²) in [5.41, 5.74) is 2.36. The number of carbonyl (C=O) groups excluding carboxylic acids is 1. The van der Waals surface area contributed by atoms with Crippen LogP contribution in [0.1, 0.15) is 18.4 Å². The molecular weight excluding hydrogens is 418 g/mol. The summed E-state index contributed by atoms with van der Waals surface area (Å²) < 4.78 is 0.872. The number of piperidine rings is 1. The average Bonchev–Trinajstić information content (AvgIpc) is 2.74. The van der Waals surface area contributed by atoms with Gasteiger partial charge in [-0.2, -0.15) is 5.26 Å². The van der Waals surface area contributed by atoms with Crippen LogP contribution >= 0.6 is 15.9 Å². The van der Waals surface area contributed by atoms with Gasteiger partial charge in [0.25, 0.3) is 0 Å². The molecule has 4 rings (SSSR count). The summed E-state index contributed by atoms with van der Waals surface area (Å²) in [6.45, 7) is 1.43. The summed E-state index contributed by atoms with van der Waals surface area (Å²) >= 11 is 3.34. The van der Waals surface area contributed by atoms with E-state index in [4.69, 9.17) is 0 Å². The molecule has 1 amide bonds. The number of nitrogens with one attached hydrogen (secondary N) is 1. The van der Waals surface area contributed by atoms with Crippen molar-refractivity contribution < 1.29 is 4.79 Å². The van der Waals surface area contributed by atoms with Crippen LogP contribution in [-0.2, 0) is 4.79 Å². The quantitative estimate of drug-likeness (QED) is 0.668. The minimum Gasteiger partial charge on any atom is -0.370 e. The number of aromatic nitrogens is 2. The Morgan fingerprint density at radius 3 is 2.64 bits per heavy atom. The second-order valence-electron chi connectivity index (χ2n) is 6.76. The van der Waals surface area contributed by atoms with Gasteiger partial charge in [-0.1, -0.05) is 18.2 Å². The molecule has 6 nitrogen and oxygen atoms in total. The number of pyridine rings is 2. The van der Waals surface area contributed by atoms with Crippen LogP contribution in [-0.4, -0.2) is 29.0 Å². The number of fused-ring (bicyclic) bond motifs is 1. The summed E-state index contributed by atoms with van der Waals surface area (Å²) in [6, 6.07) is 13.7. The highest BCUT2D eigenvalue weighted by Crippen LogP contribution is 2.32. The number of nitriles is 1. The Kier molecular flexibility index (Phi) is 5.22. The zero-order chi connectivity index (χ0) is 19.5. The average molecular weight is 436 g/mol. The summed E-state index contributed by atoms with van der Waals surface area (Å²) in [7, 11) is 0. The van der Waals surface area contributed by atoms with Gasteiger partial charge in [0.1, 0.15) is 11.9 Å². The van der Waals surface area contributed by atoms with E-state index in [1.807, 2.05) is 30.3 Å². The van der Waals surface area contributed by atoms with E-state index in [-0.39, 0.29) is 11.8 Å². The van der Waals surface area contributed by atoms with E-state index in [2.05, 4.69) is 42.2 Å². The molecule has 7 heteroatoms.